The van der Waals surface area contributed by atoms with E-state index in [1.165, 1.54) is 22.4 Å². The smallest absolute Gasteiger partial charge is 0.122 e. The molecule has 0 amide bonds. The number of benzene rings is 2. The minimum Gasteiger partial charge on any atom is -0.493 e. The van der Waals surface area contributed by atoms with Crippen molar-refractivity contribution < 1.29 is 4.74 Å². The van der Waals surface area contributed by atoms with E-state index in [0.29, 0.717) is 0 Å². The molecular formula is C18H20N2O. The average molecular weight is 280 g/mol. The zero-order valence-corrected chi connectivity index (χ0v) is 12.1. The fourth-order valence-corrected chi connectivity index (χ4v) is 3.45. The van der Waals surface area contributed by atoms with Crippen LogP contribution in [0.5, 0.6) is 5.75 Å². The zero-order valence-electron chi connectivity index (χ0n) is 12.1. The van der Waals surface area contributed by atoms with E-state index < -0.39 is 0 Å². The molecule has 4 rings (SSSR count). The van der Waals surface area contributed by atoms with E-state index in [-0.39, 0.29) is 0 Å². The number of anilines is 2. The number of fused-ring (bicyclic) bond motifs is 2. The second-order valence-electron chi connectivity index (χ2n) is 5.88. The molecule has 2 aromatic rings. The van der Waals surface area contributed by atoms with Crippen LogP contribution in [-0.4, -0.2) is 19.7 Å². The molecule has 0 atom stereocenters. The molecule has 0 aromatic heterocycles. The highest BCUT2D eigenvalue weighted by atomic mass is 16.5. The van der Waals surface area contributed by atoms with Crippen molar-refractivity contribution in [2.75, 3.05) is 30.3 Å². The van der Waals surface area contributed by atoms with E-state index in [4.69, 9.17) is 10.5 Å². The van der Waals surface area contributed by atoms with Crippen LogP contribution in [0.2, 0.25) is 0 Å². The summed E-state index contributed by atoms with van der Waals surface area (Å²) < 4.78 is 5.57. The Morgan fingerprint density at radius 3 is 3.00 bits per heavy atom. The van der Waals surface area contributed by atoms with Gasteiger partial charge in [-0.05, 0) is 41.7 Å². The van der Waals surface area contributed by atoms with Gasteiger partial charge in [0, 0.05) is 19.5 Å². The zero-order chi connectivity index (χ0) is 14.2. The number of para-hydroxylation sites is 1. The van der Waals surface area contributed by atoms with E-state index >= 15 is 0 Å². The monoisotopic (exact) mass is 280 g/mol. The Bertz CT molecular complexity index is 681. The standard InChI is InChI=1S/C18H20N2O/c19-16-3-1-2-14-7-10-20(18(14)16)9-6-13-4-5-17-15(12-13)8-11-21-17/h1-5,12H,6-11,19H2. The SMILES string of the molecule is Nc1cccc2c1N(CCc1ccc3c(c1)CCO3)CC2. The quantitative estimate of drug-likeness (QED) is 0.879. The van der Waals surface area contributed by atoms with Crippen molar-refractivity contribution in [1.82, 2.24) is 0 Å². The highest BCUT2D eigenvalue weighted by Crippen LogP contribution is 2.33. The molecule has 0 saturated heterocycles. The molecule has 2 heterocycles. The first-order chi connectivity index (χ1) is 10.3. The summed E-state index contributed by atoms with van der Waals surface area (Å²) in [6.07, 6.45) is 3.21. The highest BCUT2D eigenvalue weighted by Gasteiger charge is 2.21. The highest BCUT2D eigenvalue weighted by molar-refractivity contribution is 5.74. The van der Waals surface area contributed by atoms with E-state index in [1.807, 2.05) is 6.07 Å². The Morgan fingerprint density at radius 2 is 2.05 bits per heavy atom. The van der Waals surface area contributed by atoms with Crippen molar-refractivity contribution in [3.05, 3.63) is 53.1 Å². The second-order valence-corrected chi connectivity index (χ2v) is 5.88. The molecular weight excluding hydrogens is 260 g/mol. The van der Waals surface area contributed by atoms with Gasteiger partial charge in [-0.3, -0.25) is 0 Å². The Kier molecular flexibility index (Phi) is 2.99. The minimum absolute atomic E-state index is 0.828. The summed E-state index contributed by atoms with van der Waals surface area (Å²) in [7, 11) is 0. The van der Waals surface area contributed by atoms with Crippen LogP contribution in [0.3, 0.4) is 0 Å². The van der Waals surface area contributed by atoms with E-state index in [0.717, 1.165) is 50.4 Å². The van der Waals surface area contributed by atoms with Crippen LogP contribution in [0.4, 0.5) is 11.4 Å². The molecule has 0 saturated carbocycles. The predicted molar refractivity (Wildman–Crippen MR) is 86.1 cm³/mol. The number of nitrogens with zero attached hydrogens (tertiary/aromatic N) is 1. The topological polar surface area (TPSA) is 38.5 Å². The predicted octanol–water partition coefficient (Wildman–Crippen LogP) is 2.81. The molecule has 2 aliphatic rings. The number of nitrogen functional groups attached to an aromatic ring is 1. The largest absolute Gasteiger partial charge is 0.493 e. The number of nitrogens with two attached hydrogens (primary N) is 1. The lowest BCUT2D eigenvalue weighted by Crippen LogP contribution is -2.24. The normalized spacial score (nSPS) is 15.7. The maximum Gasteiger partial charge on any atom is 0.122 e. The van der Waals surface area contributed by atoms with E-state index in [2.05, 4.69) is 35.2 Å². The molecule has 3 heteroatoms. The van der Waals surface area contributed by atoms with Crippen LogP contribution in [0.1, 0.15) is 16.7 Å². The van der Waals surface area contributed by atoms with Crippen LogP contribution >= 0.6 is 0 Å². The lowest BCUT2D eigenvalue weighted by molar-refractivity contribution is 0.357. The molecule has 0 bridgehead atoms. The summed E-state index contributed by atoms with van der Waals surface area (Å²) in [5.74, 6) is 1.06. The lowest BCUT2D eigenvalue weighted by atomic mass is 10.1. The minimum atomic E-state index is 0.828. The molecule has 0 spiro atoms. The number of hydrogen-bond acceptors (Lipinski definition) is 3. The van der Waals surface area contributed by atoms with Gasteiger partial charge in [0.2, 0.25) is 0 Å². The Labute approximate surface area is 125 Å². The molecule has 21 heavy (non-hydrogen) atoms. The summed E-state index contributed by atoms with van der Waals surface area (Å²) in [5.41, 5.74) is 12.4. The van der Waals surface area contributed by atoms with Crippen molar-refractivity contribution in [2.45, 2.75) is 19.3 Å². The summed E-state index contributed by atoms with van der Waals surface area (Å²) >= 11 is 0. The Morgan fingerprint density at radius 1 is 1.10 bits per heavy atom. The molecule has 108 valence electrons. The van der Waals surface area contributed by atoms with Gasteiger partial charge in [-0.1, -0.05) is 24.3 Å². The summed E-state index contributed by atoms with van der Waals surface area (Å²) in [4.78, 5) is 2.42. The number of ether oxygens (including phenoxy) is 1. The molecule has 0 aliphatic carbocycles. The van der Waals surface area contributed by atoms with Crippen LogP contribution in [0, 0.1) is 0 Å². The van der Waals surface area contributed by atoms with Crippen LogP contribution in [0.15, 0.2) is 36.4 Å². The molecule has 0 radical (unpaired) electrons. The summed E-state index contributed by atoms with van der Waals surface area (Å²) in [6, 6.07) is 12.9. The molecule has 2 N–H and O–H groups in total. The first-order valence-corrected chi connectivity index (χ1v) is 7.68. The summed E-state index contributed by atoms with van der Waals surface area (Å²) in [5, 5.41) is 0. The number of rotatable bonds is 3. The van der Waals surface area contributed by atoms with Gasteiger partial charge in [0.15, 0.2) is 0 Å². The van der Waals surface area contributed by atoms with Gasteiger partial charge in [0.1, 0.15) is 5.75 Å². The maximum atomic E-state index is 6.15. The van der Waals surface area contributed by atoms with Crippen molar-refractivity contribution in [1.29, 1.82) is 0 Å². The second kappa shape index (κ2) is 4.99. The lowest BCUT2D eigenvalue weighted by Gasteiger charge is -2.21. The van der Waals surface area contributed by atoms with Gasteiger partial charge in [-0.2, -0.15) is 0 Å². The van der Waals surface area contributed by atoms with Crippen molar-refractivity contribution in [2.24, 2.45) is 0 Å². The molecule has 2 aliphatic heterocycles. The third-order valence-electron chi connectivity index (χ3n) is 4.54. The molecule has 3 nitrogen and oxygen atoms in total. The van der Waals surface area contributed by atoms with Crippen LogP contribution < -0.4 is 15.4 Å². The van der Waals surface area contributed by atoms with Gasteiger partial charge >= 0.3 is 0 Å². The average Bonchev–Trinajstić information content (AvgIpc) is 3.11. The van der Waals surface area contributed by atoms with E-state index in [1.54, 1.807) is 0 Å². The third kappa shape index (κ3) is 2.23. The van der Waals surface area contributed by atoms with Crippen molar-refractivity contribution in [3.63, 3.8) is 0 Å². The van der Waals surface area contributed by atoms with Gasteiger partial charge in [0.05, 0.1) is 18.0 Å². The van der Waals surface area contributed by atoms with Crippen molar-refractivity contribution >= 4 is 11.4 Å². The van der Waals surface area contributed by atoms with Crippen LogP contribution in [0.25, 0.3) is 0 Å². The fourth-order valence-electron chi connectivity index (χ4n) is 3.45. The van der Waals surface area contributed by atoms with Crippen LogP contribution in [-0.2, 0) is 19.3 Å². The fraction of sp³-hybridized carbons (Fsp3) is 0.333. The van der Waals surface area contributed by atoms with Gasteiger partial charge in [-0.15, -0.1) is 0 Å². The first-order valence-electron chi connectivity index (χ1n) is 7.68. The first kappa shape index (κ1) is 12.6. The summed E-state index contributed by atoms with van der Waals surface area (Å²) in [6.45, 7) is 2.94. The van der Waals surface area contributed by atoms with Gasteiger partial charge < -0.3 is 15.4 Å². The maximum absolute atomic E-state index is 6.15. The molecule has 0 fully saturated rings. The Balaban J connectivity index is 1.49. The molecule has 0 unspecified atom stereocenters. The van der Waals surface area contributed by atoms with Crippen molar-refractivity contribution in [3.8, 4) is 5.75 Å². The third-order valence-corrected chi connectivity index (χ3v) is 4.54. The van der Waals surface area contributed by atoms with E-state index in [9.17, 15) is 0 Å². The van der Waals surface area contributed by atoms with Gasteiger partial charge in [0.25, 0.3) is 0 Å². The van der Waals surface area contributed by atoms with Gasteiger partial charge in [-0.25, -0.2) is 0 Å². The molecule has 2 aromatic carbocycles. The number of hydrogen-bond donors (Lipinski definition) is 1. The Hall–Kier alpha value is -2.16.